The lowest BCUT2D eigenvalue weighted by Crippen LogP contribution is -2.38. The third-order valence-corrected chi connectivity index (χ3v) is 2.27. The van der Waals surface area contributed by atoms with Gasteiger partial charge in [0.2, 0.25) is 5.91 Å². The molecule has 0 aliphatic heterocycles. The molecule has 4 nitrogen and oxygen atoms in total. The van der Waals surface area contributed by atoms with E-state index >= 15 is 0 Å². The first kappa shape index (κ1) is 11.7. The summed E-state index contributed by atoms with van der Waals surface area (Å²) in [6, 6.07) is 5.62. The molecule has 1 aromatic rings. The topological polar surface area (TPSA) is 86.2 Å². The van der Waals surface area contributed by atoms with Crippen LogP contribution in [0.5, 0.6) is 0 Å². The number of amides is 1. The van der Waals surface area contributed by atoms with Crippen molar-refractivity contribution in [2.24, 2.45) is 11.5 Å². The Morgan fingerprint density at radius 1 is 1.33 bits per heavy atom. The molecule has 80 valence electrons. The lowest BCUT2D eigenvalue weighted by molar-refractivity contribution is -0.119. The van der Waals surface area contributed by atoms with E-state index in [2.05, 4.69) is 0 Å². The summed E-state index contributed by atoms with van der Waals surface area (Å²) < 4.78 is 0. The van der Waals surface area contributed by atoms with Crippen LogP contribution in [0.1, 0.15) is 16.8 Å². The molecule has 0 saturated carbocycles. The number of benzene rings is 1. The number of halogens is 1. The van der Waals surface area contributed by atoms with Gasteiger partial charge in [0.1, 0.15) is 0 Å². The number of nitrogens with two attached hydrogens (primary N) is 2. The molecule has 0 radical (unpaired) electrons. The quantitative estimate of drug-likeness (QED) is 0.742. The largest absolute Gasteiger partial charge is 0.368 e. The van der Waals surface area contributed by atoms with Crippen molar-refractivity contribution < 1.29 is 9.59 Å². The minimum Gasteiger partial charge on any atom is -0.368 e. The van der Waals surface area contributed by atoms with Gasteiger partial charge in [0.15, 0.2) is 5.78 Å². The Kier molecular flexibility index (Phi) is 3.82. The van der Waals surface area contributed by atoms with E-state index in [1.54, 1.807) is 24.3 Å². The molecule has 5 heteroatoms. The Morgan fingerprint density at radius 3 is 2.47 bits per heavy atom. The average molecular weight is 227 g/mol. The molecule has 0 aromatic heterocycles. The number of carbonyl (C=O) groups excluding carboxylic acids is 2. The molecule has 1 amide bonds. The average Bonchev–Trinajstić information content (AvgIpc) is 2.18. The van der Waals surface area contributed by atoms with Gasteiger partial charge >= 0.3 is 0 Å². The minimum absolute atomic E-state index is 0.126. The highest BCUT2D eigenvalue weighted by Gasteiger charge is 2.17. The van der Waals surface area contributed by atoms with Crippen LogP contribution in [0, 0.1) is 0 Å². The highest BCUT2D eigenvalue weighted by Crippen LogP contribution is 2.16. The smallest absolute Gasteiger partial charge is 0.234 e. The fourth-order valence-corrected chi connectivity index (χ4v) is 1.34. The van der Waals surface area contributed by atoms with Gasteiger partial charge < -0.3 is 11.5 Å². The number of hydrogen-bond donors (Lipinski definition) is 2. The predicted octanol–water partition coefficient (Wildman–Crippen LogP) is 0.725. The monoisotopic (exact) mass is 226 g/mol. The molecule has 0 bridgehead atoms. The van der Waals surface area contributed by atoms with E-state index in [9.17, 15) is 9.59 Å². The SMILES string of the molecule is NC(=O)C(N)CC(=O)c1ccccc1Cl. The second kappa shape index (κ2) is 4.91. The van der Waals surface area contributed by atoms with Crippen molar-refractivity contribution in [1.82, 2.24) is 0 Å². The van der Waals surface area contributed by atoms with Gasteiger partial charge in [-0.05, 0) is 12.1 Å². The fraction of sp³-hybridized carbons (Fsp3) is 0.200. The summed E-state index contributed by atoms with van der Waals surface area (Å²) in [5, 5.41) is 0.346. The van der Waals surface area contributed by atoms with Gasteiger partial charge in [0.05, 0.1) is 11.1 Å². The van der Waals surface area contributed by atoms with Crippen molar-refractivity contribution in [2.75, 3.05) is 0 Å². The molecule has 0 heterocycles. The summed E-state index contributed by atoms with van der Waals surface area (Å²) in [6.45, 7) is 0. The lowest BCUT2D eigenvalue weighted by Gasteiger charge is -2.07. The van der Waals surface area contributed by atoms with Gasteiger partial charge in [-0.1, -0.05) is 23.7 Å². The summed E-state index contributed by atoms with van der Waals surface area (Å²) in [4.78, 5) is 22.3. The molecule has 0 aliphatic carbocycles. The molecule has 0 saturated heterocycles. The summed E-state index contributed by atoms with van der Waals surface area (Å²) in [6.07, 6.45) is -0.126. The van der Waals surface area contributed by atoms with Gasteiger partial charge in [-0.15, -0.1) is 0 Å². The number of hydrogen-bond acceptors (Lipinski definition) is 3. The van der Waals surface area contributed by atoms with Crippen molar-refractivity contribution >= 4 is 23.3 Å². The Balaban J connectivity index is 2.78. The van der Waals surface area contributed by atoms with Crippen LogP contribution in [0.2, 0.25) is 5.02 Å². The first-order valence-electron chi connectivity index (χ1n) is 4.35. The second-order valence-electron chi connectivity index (χ2n) is 3.12. The molecule has 0 spiro atoms. The summed E-state index contributed by atoms with van der Waals surface area (Å²) in [7, 11) is 0. The van der Waals surface area contributed by atoms with Crippen molar-refractivity contribution in [3.8, 4) is 0 Å². The maximum atomic E-state index is 11.6. The fourth-order valence-electron chi connectivity index (χ4n) is 1.10. The zero-order valence-electron chi connectivity index (χ0n) is 7.94. The molecular formula is C10H11ClN2O2. The second-order valence-corrected chi connectivity index (χ2v) is 3.52. The maximum Gasteiger partial charge on any atom is 0.234 e. The van der Waals surface area contributed by atoms with Crippen LogP contribution in [0.4, 0.5) is 0 Å². The third-order valence-electron chi connectivity index (χ3n) is 1.95. The molecular weight excluding hydrogens is 216 g/mol. The molecule has 4 N–H and O–H groups in total. The number of primary amides is 1. The van der Waals surface area contributed by atoms with E-state index in [0.29, 0.717) is 10.6 Å². The van der Waals surface area contributed by atoms with Crippen LogP contribution < -0.4 is 11.5 Å². The van der Waals surface area contributed by atoms with Crippen molar-refractivity contribution in [1.29, 1.82) is 0 Å². The number of carbonyl (C=O) groups is 2. The minimum atomic E-state index is -0.964. The Labute approximate surface area is 92.2 Å². The van der Waals surface area contributed by atoms with Gasteiger partial charge in [-0.3, -0.25) is 9.59 Å². The maximum absolute atomic E-state index is 11.6. The summed E-state index contributed by atoms with van der Waals surface area (Å²) in [5.41, 5.74) is 10.7. The van der Waals surface area contributed by atoms with E-state index in [0.717, 1.165) is 0 Å². The van der Waals surface area contributed by atoms with Gasteiger partial charge in [0.25, 0.3) is 0 Å². The highest BCUT2D eigenvalue weighted by molar-refractivity contribution is 6.34. The van der Waals surface area contributed by atoms with E-state index < -0.39 is 11.9 Å². The molecule has 1 unspecified atom stereocenters. The third kappa shape index (κ3) is 3.04. The summed E-state index contributed by atoms with van der Waals surface area (Å²) >= 11 is 5.80. The standard InChI is InChI=1S/C10H11ClN2O2/c11-7-4-2-1-3-6(7)9(14)5-8(12)10(13)15/h1-4,8H,5,12H2,(H2,13,15). The zero-order valence-corrected chi connectivity index (χ0v) is 8.70. The van der Waals surface area contributed by atoms with Crippen molar-refractivity contribution in [3.63, 3.8) is 0 Å². The number of rotatable bonds is 4. The van der Waals surface area contributed by atoms with E-state index in [-0.39, 0.29) is 12.2 Å². The van der Waals surface area contributed by atoms with Crippen molar-refractivity contribution in [3.05, 3.63) is 34.9 Å². The molecule has 0 fully saturated rings. The first-order valence-corrected chi connectivity index (χ1v) is 4.73. The van der Waals surface area contributed by atoms with Crippen LogP contribution in [-0.2, 0) is 4.79 Å². The van der Waals surface area contributed by atoms with Crippen molar-refractivity contribution in [2.45, 2.75) is 12.5 Å². The molecule has 1 atom stereocenters. The normalized spacial score (nSPS) is 12.1. The molecule has 15 heavy (non-hydrogen) atoms. The number of Topliss-reactive ketones (excluding diaryl/α,β-unsaturated/α-hetero) is 1. The Morgan fingerprint density at radius 2 is 1.93 bits per heavy atom. The van der Waals surface area contributed by atoms with Gasteiger partial charge in [-0.2, -0.15) is 0 Å². The number of ketones is 1. The molecule has 1 aromatic carbocycles. The lowest BCUT2D eigenvalue weighted by atomic mass is 10.0. The van der Waals surface area contributed by atoms with E-state index in [1.807, 2.05) is 0 Å². The van der Waals surface area contributed by atoms with Crippen LogP contribution in [0.25, 0.3) is 0 Å². The van der Waals surface area contributed by atoms with Crippen LogP contribution >= 0.6 is 11.6 Å². The predicted molar refractivity (Wildman–Crippen MR) is 57.6 cm³/mol. The van der Waals surface area contributed by atoms with Crippen LogP contribution in [0.3, 0.4) is 0 Å². The Hall–Kier alpha value is -1.39. The Bertz CT molecular complexity index is 393. The first-order chi connectivity index (χ1) is 7.02. The van der Waals surface area contributed by atoms with Crippen LogP contribution in [0.15, 0.2) is 24.3 Å². The molecule has 0 aliphatic rings. The van der Waals surface area contributed by atoms with Crippen LogP contribution in [-0.4, -0.2) is 17.7 Å². The van der Waals surface area contributed by atoms with E-state index in [1.165, 1.54) is 0 Å². The van der Waals surface area contributed by atoms with Gasteiger partial charge in [0, 0.05) is 12.0 Å². The zero-order chi connectivity index (χ0) is 11.4. The van der Waals surface area contributed by atoms with Gasteiger partial charge in [-0.25, -0.2) is 0 Å². The summed E-state index contributed by atoms with van der Waals surface area (Å²) in [5.74, 6) is -0.984. The highest BCUT2D eigenvalue weighted by atomic mass is 35.5. The molecule has 1 rings (SSSR count). The van der Waals surface area contributed by atoms with E-state index in [4.69, 9.17) is 23.1 Å².